The van der Waals surface area contributed by atoms with E-state index in [9.17, 15) is 0 Å². The molecule has 0 fully saturated rings. The molecule has 0 bridgehead atoms. The molecule has 0 aliphatic carbocycles. The highest BCUT2D eigenvalue weighted by Crippen LogP contribution is 2.19. The molecule has 9 heteroatoms. The van der Waals surface area contributed by atoms with Crippen molar-refractivity contribution in [1.29, 1.82) is 0 Å². The molecule has 3 heterocycles. The van der Waals surface area contributed by atoms with E-state index in [2.05, 4.69) is 35.3 Å². The number of hydrogen-bond acceptors (Lipinski definition) is 9. The molecule has 0 amide bonds. The van der Waals surface area contributed by atoms with Crippen LogP contribution in [-0.4, -0.2) is 30.7 Å². The summed E-state index contributed by atoms with van der Waals surface area (Å²) < 4.78 is 14.3. The van der Waals surface area contributed by atoms with Crippen molar-refractivity contribution in [2.75, 3.05) is 0 Å². The third-order valence-electron chi connectivity index (χ3n) is 1.55. The molecule has 0 spiro atoms. The third-order valence-corrected chi connectivity index (χ3v) is 1.55. The van der Waals surface area contributed by atoms with E-state index in [0.717, 1.165) is 0 Å². The zero-order valence-corrected chi connectivity index (χ0v) is 7.06. The minimum absolute atomic E-state index is 0.116. The predicted octanol–water partition coefficient (Wildman–Crippen LogP) is 0.170. The monoisotopic (exact) mass is 206 g/mol. The molecule has 0 unspecified atom stereocenters. The minimum atomic E-state index is 0.116. The van der Waals surface area contributed by atoms with Crippen LogP contribution in [0.25, 0.3) is 23.4 Å². The van der Waals surface area contributed by atoms with E-state index < -0.39 is 0 Å². The SMILES string of the molecule is c1noc(-c2nnc(-c3cnon3)o2)n1. The van der Waals surface area contributed by atoms with E-state index >= 15 is 0 Å². The Morgan fingerprint density at radius 1 is 1.00 bits per heavy atom. The van der Waals surface area contributed by atoms with Gasteiger partial charge in [0, 0.05) is 0 Å². The summed E-state index contributed by atoms with van der Waals surface area (Å²) in [6, 6.07) is 0. The second kappa shape index (κ2) is 2.97. The molecule has 0 radical (unpaired) electrons. The largest absolute Gasteiger partial charge is 0.410 e. The number of hydrogen-bond donors (Lipinski definition) is 0. The van der Waals surface area contributed by atoms with E-state index in [1.54, 1.807) is 0 Å². The summed E-state index contributed by atoms with van der Waals surface area (Å²) in [7, 11) is 0. The first-order valence-corrected chi connectivity index (χ1v) is 3.82. The van der Waals surface area contributed by atoms with Crippen LogP contribution in [0.1, 0.15) is 0 Å². The highest BCUT2D eigenvalue weighted by Gasteiger charge is 2.16. The molecule has 0 aromatic carbocycles. The van der Waals surface area contributed by atoms with Gasteiger partial charge in [-0.1, -0.05) is 10.3 Å². The van der Waals surface area contributed by atoms with Crippen molar-refractivity contribution in [3.8, 4) is 23.4 Å². The Morgan fingerprint density at radius 2 is 1.93 bits per heavy atom. The lowest BCUT2D eigenvalue weighted by molar-refractivity contribution is 0.307. The van der Waals surface area contributed by atoms with Gasteiger partial charge in [-0.05, 0) is 5.16 Å². The van der Waals surface area contributed by atoms with E-state index in [1.807, 2.05) is 0 Å². The van der Waals surface area contributed by atoms with Gasteiger partial charge in [0.25, 0.3) is 5.89 Å². The maximum Gasteiger partial charge on any atom is 0.315 e. The van der Waals surface area contributed by atoms with Crippen molar-refractivity contribution in [3.63, 3.8) is 0 Å². The fraction of sp³-hybridized carbons (Fsp3) is 0. The maximum absolute atomic E-state index is 5.19. The highest BCUT2D eigenvalue weighted by atomic mass is 16.6. The van der Waals surface area contributed by atoms with Gasteiger partial charge in [-0.25, -0.2) is 4.63 Å². The predicted molar refractivity (Wildman–Crippen MR) is 40.9 cm³/mol. The molecule has 0 saturated heterocycles. The summed E-state index contributed by atoms with van der Waals surface area (Å²) in [4.78, 5) is 3.75. The van der Waals surface area contributed by atoms with Crippen LogP contribution in [0, 0.1) is 0 Å². The molecule has 15 heavy (non-hydrogen) atoms. The number of aromatic nitrogens is 6. The summed E-state index contributed by atoms with van der Waals surface area (Å²) in [6.07, 6.45) is 2.59. The quantitative estimate of drug-likeness (QED) is 0.577. The van der Waals surface area contributed by atoms with Crippen LogP contribution in [-0.2, 0) is 0 Å². The Kier molecular flexibility index (Phi) is 1.54. The van der Waals surface area contributed by atoms with Crippen molar-refractivity contribution in [1.82, 2.24) is 30.7 Å². The zero-order chi connectivity index (χ0) is 10.1. The fourth-order valence-corrected chi connectivity index (χ4v) is 0.939. The van der Waals surface area contributed by atoms with Gasteiger partial charge < -0.3 is 8.94 Å². The molecule has 3 aromatic rings. The van der Waals surface area contributed by atoms with Crippen LogP contribution in [0.15, 0.2) is 26.1 Å². The average molecular weight is 206 g/mol. The van der Waals surface area contributed by atoms with Crippen molar-refractivity contribution in [2.45, 2.75) is 0 Å². The van der Waals surface area contributed by atoms with Crippen LogP contribution >= 0.6 is 0 Å². The highest BCUT2D eigenvalue weighted by molar-refractivity contribution is 5.46. The lowest BCUT2D eigenvalue weighted by Gasteiger charge is -1.81. The van der Waals surface area contributed by atoms with Crippen LogP contribution in [0.5, 0.6) is 0 Å². The van der Waals surface area contributed by atoms with Crippen molar-refractivity contribution >= 4 is 0 Å². The molecule has 0 atom stereocenters. The Morgan fingerprint density at radius 3 is 2.67 bits per heavy atom. The molecule has 9 nitrogen and oxygen atoms in total. The number of nitrogens with zero attached hydrogens (tertiary/aromatic N) is 6. The fourth-order valence-electron chi connectivity index (χ4n) is 0.939. The van der Waals surface area contributed by atoms with Crippen LogP contribution in [0.3, 0.4) is 0 Å². The molecular weight excluding hydrogens is 204 g/mol. The molecule has 3 rings (SSSR count). The third kappa shape index (κ3) is 1.25. The van der Waals surface area contributed by atoms with Gasteiger partial charge in [-0.15, -0.1) is 10.2 Å². The summed E-state index contributed by atoms with van der Waals surface area (Å²) in [6.45, 7) is 0. The van der Waals surface area contributed by atoms with Gasteiger partial charge in [0.2, 0.25) is 0 Å². The average Bonchev–Trinajstić information content (AvgIpc) is 3.02. The van der Waals surface area contributed by atoms with Crippen LogP contribution in [0.4, 0.5) is 0 Å². The second-order valence-corrected chi connectivity index (χ2v) is 2.45. The first-order chi connectivity index (χ1) is 7.43. The number of rotatable bonds is 2. The topological polar surface area (TPSA) is 117 Å². The maximum atomic E-state index is 5.19. The van der Waals surface area contributed by atoms with Gasteiger partial charge >= 0.3 is 11.8 Å². The molecule has 0 aliphatic rings. The molecule has 3 aromatic heterocycles. The second-order valence-electron chi connectivity index (χ2n) is 2.45. The van der Waals surface area contributed by atoms with Gasteiger partial charge in [0.05, 0.1) is 0 Å². The van der Waals surface area contributed by atoms with E-state index in [4.69, 9.17) is 8.94 Å². The van der Waals surface area contributed by atoms with Gasteiger partial charge in [-0.3, -0.25) is 0 Å². The lowest BCUT2D eigenvalue weighted by atomic mass is 10.5. The zero-order valence-electron chi connectivity index (χ0n) is 7.06. The molecule has 74 valence electrons. The molecule has 0 aliphatic heterocycles. The van der Waals surface area contributed by atoms with Gasteiger partial charge in [0.15, 0.2) is 12.0 Å². The van der Waals surface area contributed by atoms with E-state index in [-0.39, 0.29) is 17.7 Å². The first kappa shape index (κ1) is 7.79. The standard InChI is InChI=1S/C6H2N6O3/c1-3(12-15-8-1)4-10-11-6(13-4)5-7-2-9-14-5/h1-2H. The lowest BCUT2D eigenvalue weighted by Crippen LogP contribution is -1.76. The van der Waals surface area contributed by atoms with Crippen molar-refractivity contribution < 1.29 is 13.6 Å². The molecule has 0 saturated carbocycles. The Hall–Kier alpha value is -2.58. The summed E-state index contributed by atoms with van der Waals surface area (Å²) >= 11 is 0. The summed E-state index contributed by atoms with van der Waals surface area (Å²) in [5.74, 6) is 0.431. The normalized spacial score (nSPS) is 10.7. The Bertz CT molecular complexity index is 492. The van der Waals surface area contributed by atoms with Crippen LogP contribution in [0.2, 0.25) is 0 Å². The summed E-state index contributed by atoms with van der Waals surface area (Å²) in [5, 5.41) is 17.7. The van der Waals surface area contributed by atoms with Gasteiger partial charge in [0.1, 0.15) is 6.20 Å². The van der Waals surface area contributed by atoms with Gasteiger partial charge in [-0.2, -0.15) is 4.98 Å². The Balaban J connectivity index is 2.02. The van der Waals surface area contributed by atoms with E-state index in [1.165, 1.54) is 12.5 Å². The Labute approximate surface area is 81.1 Å². The van der Waals surface area contributed by atoms with Crippen molar-refractivity contribution in [3.05, 3.63) is 12.5 Å². The van der Waals surface area contributed by atoms with Crippen molar-refractivity contribution in [2.24, 2.45) is 0 Å². The minimum Gasteiger partial charge on any atom is -0.410 e. The molecular formula is C6H2N6O3. The summed E-state index contributed by atoms with van der Waals surface area (Å²) in [5.41, 5.74) is 0.341. The molecule has 0 N–H and O–H groups in total. The van der Waals surface area contributed by atoms with Crippen LogP contribution < -0.4 is 0 Å². The smallest absolute Gasteiger partial charge is 0.315 e. The first-order valence-electron chi connectivity index (χ1n) is 3.82. The van der Waals surface area contributed by atoms with E-state index in [0.29, 0.717) is 5.69 Å².